The van der Waals surface area contributed by atoms with Gasteiger partial charge in [0.05, 0.1) is 19.1 Å². The van der Waals surface area contributed by atoms with Crippen LogP contribution in [0.1, 0.15) is 89.1 Å². The zero-order chi connectivity index (χ0) is 32.7. The highest BCUT2D eigenvalue weighted by molar-refractivity contribution is 5.95. The molecule has 2 heterocycles. The summed E-state index contributed by atoms with van der Waals surface area (Å²) in [6.07, 6.45) is 4.74. The maximum atomic E-state index is 14.0. The summed E-state index contributed by atoms with van der Waals surface area (Å²) >= 11 is 0. The summed E-state index contributed by atoms with van der Waals surface area (Å²) in [5.41, 5.74) is 0.925. The average molecular weight is 630 g/mol. The van der Waals surface area contributed by atoms with Gasteiger partial charge in [0.2, 0.25) is 5.91 Å². The average Bonchev–Trinajstić information content (AvgIpc) is 3.52. The van der Waals surface area contributed by atoms with E-state index in [4.69, 9.17) is 18.9 Å². The van der Waals surface area contributed by atoms with Gasteiger partial charge in [-0.1, -0.05) is 6.07 Å². The van der Waals surface area contributed by atoms with Crippen molar-refractivity contribution in [3.05, 3.63) is 29.3 Å². The predicted octanol–water partition coefficient (Wildman–Crippen LogP) is 5.30. The van der Waals surface area contributed by atoms with E-state index in [2.05, 4.69) is 0 Å². The minimum atomic E-state index is -0.614. The van der Waals surface area contributed by atoms with Crippen LogP contribution in [0.15, 0.2) is 18.2 Å². The molecule has 3 aliphatic rings. The van der Waals surface area contributed by atoms with Crippen molar-refractivity contribution in [3.8, 4) is 5.75 Å². The van der Waals surface area contributed by atoms with Crippen molar-refractivity contribution in [1.29, 1.82) is 0 Å². The van der Waals surface area contributed by atoms with Crippen molar-refractivity contribution in [2.75, 3.05) is 53.1 Å². The van der Waals surface area contributed by atoms with Gasteiger partial charge in [-0.2, -0.15) is 0 Å². The molecule has 10 nitrogen and oxygen atoms in total. The number of rotatable bonds is 14. The van der Waals surface area contributed by atoms with E-state index in [1.165, 1.54) is 0 Å². The number of carbonyl (C=O) groups is 3. The molecule has 1 aliphatic carbocycles. The number of nitrogens with zero attached hydrogens (tertiary/aromatic N) is 3. The molecule has 1 saturated carbocycles. The Morgan fingerprint density at radius 2 is 1.76 bits per heavy atom. The number of ether oxygens (including phenoxy) is 4. The second-order valence-corrected chi connectivity index (χ2v) is 14.2. The molecule has 2 aliphatic heterocycles. The van der Waals surface area contributed by atoms with Gasteiger partial charge in [-0.3, -0.25) is 9.59 Å². The van der Waals surface area contributed by atoms with Crippen LogP contribution in [0.4, 0.5) is 4.79 Å². The lowest BCUT2D eigenvalue weighted by atomic mass is 9.93. The summed E-state index contributed by atoms with van der Waals surface area (Å²) < 4.78 is 22.6. The van der Waals surface area contributed by atoms with Gasteiger partial charge >= 0.3 is 6.09 Å². The van der Waals surface area contributed by atoms with E-state index in [0.29, 0.717) is 57.1 Å². The molecule has 0 aromatic heterocycles. The van der Waals surface area contributed by atoms with E-state index in [0.717, 1.165) is 44.3 Å². The summed E-state index contributed by atoms with van der Waals surface area (Å²) in [7, 11) is 1.67. The Kier molecular flexibility index (Phi) is 12.2. The topological polar surface area (TPSA) is 97.9 Å². The minimum Gasteiger partial charge on any atom is -0.493 e. The molecule has 0 radical (unpaired) electrons. The molecule has 4 rings (SSSR count). The number of hydrogen-bond donors (Lipinski definition) is 0. The number of amides is 3. The highest BCUT2D eigenvalue weighted by Gasteiger charge is 2.43. The monoisotopic (exact) mass is 629 g/mol. The molecule has 0 spiro atoms. The molecule has 45 heavy (non-hydrogen) atoms. The van der Waals surface area contributed by atoms with E-state index in [9.17, 15) is 14.4 Å². The molecule has 3 atom stereocenters. The molecular formula is C35H55N3O7. The van der Waals surface area contributed by atoms with Crippen molar-refractivity contribution in [1.82, 2.24) is 14.7 Å². The first-order valence-corrected chi connectivity index (χ1v) is 16.8. The predicted molar refractivity (Wildman–Crippen MR) is 172 cm³/mol. The lowest BCUT2D eigenvalue weighted by Gasteiger charge is -2.33. The van der Waals surface area contributed by atoms with E-state index in [1.807, 2.05) is 69.5 Å². The maximum absolute atomic E-state index is 14.0. The van der Waals surface area contributed by atoms with Crippen LogP contribution in [-0.2, 0) is 19.0 Å². The highest BCUT2D eigenvalue weighted by Crippen LogP contribution is 2.34. The number of methoxy groups -OCH3 is 1. The molecule has 1 aromatic carbocycles. The summed E-state index contributed by atoms with van der Waals surface area (Å²) in [5.74, 6) is 0.748. The summed E-state index contributed by atoms with van der Waals surface area (Å²) in [6, 6.07) is 5.78. The molecule has 2 saturated heterocycles. The van der Waals surface area contributed by atoms with Crippen molar-refractivity contribution < 1.29 is 33.3 Å². The molecular weight excluding hydrogens is 574 g/mol. The van der Waals surface area contributed by atoms with Gasteiger partial charge < -0.3 is 33.6 Å². The number of benzene rings is 1. The Labute approximate surface area is 269 Å². The zero-order valence-corrected chi connectivity index (χ0v) is 28.5. The Morgan fingerprint density at radius 3 is 2.36 bits per heavy atom. The second-order valence-electron chi connectivity index (χ2n) is 14.2. The van der Waals surface area contributed by atoms with E-state index < -0.39 is 5.60 Å². The molecule has 1 aromatic rings. The first-order valence-electron chi connectivity index (χ1n) is 16.8. The zero-order valence-electron chi connectivity index (χ0n) is 28.5. The quantitative estimate of drug-likeness (QED) is 0.258. The molecule has 10 heteroatoms. The summed E-state index contributed by atoms with van der Waals surface area (Å²) in [6.45, 7) is 15.4. The van der Waals surface area contributed by atoms with Crippen LogP contribution in [0.2, 0.25) is 0 Å². The molecule has 3 fully saturated rings. The summed E-state index contributed by atoms with van der Waals surface area (Å²) in [4.78, 5) is 46.5. The van der Waals surface area contributed by atoms with Crippen molar-refractivity contribution in [2.45, 2.75) is 104 Å². The molecule has 252 valence electrons. The largest absolute Gasteiger partial charge is 0.493 e. The maximum Gasteiger partial charge on any atom is 0.410 e. The Morgan fingerprint density at radius 1 is 1.04 bits per heavy atom. The van der Waals surface area contributed by atoms with Crippen LogP contribution in [0, 0.1) is 18.8 Å². The Hall–Kier alpha value is -2.85. The standard InChI is InChI=1S/C35H55N3O7/c1-24(2)37(33(40)26-12-11-25(3)31(18-26)44-17-9-15-42-7)22-27-20-36(34(41)45-35(4,5)6)21-28(27)23-38(29-13-14-29)32(39)19-30-10-8-16-43-30/h11-12,18,24,27-30H,8-10,13-17,19-23H2,1-7H3/t27-,28-,30+/m0/s1. The van der Waals surface area contributed by atoms with Gasteiger partial charge in [0.1, 0.15) is 11.4 Å². The van der Waals surface area contributed by atoms with Crippen molar-refractivity contribution >= 4 is 17.9 Å². The van der Waals surface area contributed by atoms with Gasteiger partial charge in [-0.05, 0) is 84.9 Å². The fourth-order valence-corrected chi connectivity index (χ4v) is 6.26. The first kappa shape index (κ1) is 35.0. The lowest BCUT2D eigenvalue weighted by Crippen LogP contribution is -2.45. The summed E-state index contributed by atoms with van der Waals surface area (Å²) in [5, 5.41) is 0. The van der Waals surface area contributed by atoms with Crippen LogP contribution in [-0.4, -0.2) is 110 Å². The lowest BCUT2D eigenvalue weighted by molar-refractivity contribution is -0.134. The van der Waals surface area contributed by atoms with Crippen LogP contribution in [0.5, 0.6) is 5.75 Å². The fraction of sp³-hybridized carbons (Fsp3) is 0.743. The van der Waals surface area contributed by atoms with E-state index in [1.54, 1.807) is 12.0 Å². The number of carbonyl (C=O) groups excluding carboxylic acids is 3. The van der Waals surface area contributed by atoms with Crippen molar-refractivity contribution in [3.63, 3.8) is 0 Å². The fourth-order valence-electron chi connectivity index (χ4n) is 6.26. The third-order valence-corrected chi connectivity index (χ3v) is 8.89. The van der Waals surface area contributed by atoms with E-state index in [-0.39, 0.29) is 47.9 Å². The normalized spacial score (nSPS) is 21.7. The molecule has 0 N–H and O–H groups in total. The SMILES string of the molecule is COCCCOc1cc(C(=O)N(C[C@@H]2CN(C(=O)OC(C)(C)C)C[C@H]2CN(C(=O)C[C@H]2CCCO2)C2CC2)C(C)C)ccc1C. The van der Waals surface area contributed by atoms with Crippen molar-refractivity contribution in [2.24, 2.45) is 11.8 Å². The number of hydrogen-bond acceptors (Lipinski definition) is 7. The smallest absolute Gasteiger partial charge is 0.410 e. The highest BCUT2D eigenvalue weighted by atomic mass is 16.6. The van der Waals surface area contributed by atoms with Gasteiger partial charge in [0, 0.05) is 82.4 Å². The molecule has 0 unspecified atom stereocenters. The van der Waals surface area contributed by atoms with Crippen LogP contribution < -0.4 is 4.74 Å². The number of aryl methyl sites for hydroxylation is 1. The third kappa shape index (κ3) is 10.1. The van der Waals surface area contributed by atoms with Crippen LogP contribution >= 0.6 is 0 Å². The van der Waals surface area contributed by atoms with Gasteiger partial charge in [0.15, 0.2) is 0 Å². The van der Waals surface area contributed by atoms with Crippen LogP contribution in [0.3, 0.4) is 0 Å². The Balaban J connectivity index is 1.52. The van der Waals surface area contributed by atoms with Gasteiger partial charge in [-0.15, -0.1) is 0 Å². The van der Waals surface area contributed by atoms with E-state index >= 15 is 0 Å². The third-order valence-electron chi connectivity index (χ3n) is 8.89. The Bertz CT molecular complexity index is 1160. The van der Waals surface area contributed by atoms with Gasteiger partial charge in [0.25, 0.3) is 5.91 Å². The first-order chi connectivity index (χ1) is 21.4. The second kappa shape index (κ2) is 15.6. The number of likely N-dealkylation sites (tertiary alicyclic amines) is 1. The molecule has 3 amide bonds. The van der Waals surface area contributed by atoms with Crippen LogP contribution in [0.25, 0.3) is 0 Å². The minimum absolute atomic E-state index is 0.00574. The molecule has 0 bridgehead atoms. The van der Waals surface area contributed by atoms with Gasteiger partial charge in [-0.25, -0.2) is 4.79 Å².